The van der Waals surface area contributed by atoms with Crippen LogP contribution in [0.4, 0.5) is 5.69 Å². The number of fused-ring (bicyclic) bond motifs is 1. The maximum absolute atomic E-state index is 12.3. The molecule has 2 aromatic heterocycles. The summed E-state index contributed by atoms with van der Waals surface area (Å²) in [4.78, 5) is 21.7. The number of anilines is 1. The van der Waals surface area contributed by atoms with Gasteiger partial charge >= 0.3 is 0 Å². The van der Waals surface area contributed by atoms with Crippen LogP contribution in [0.2, 0.25) is 0 Å². The molecule has 0 atom stereocenters. The molecule has 0 aliphatic heterocycles. The van der Waals surface area contributed by atoms with Gasteiger partial charge in [0.2, 0.25) is 5.88 Å². The predicted molar refractivity (Wildman–Crippen MR) is 115 cm³/mol. The van der Waals surface area contributed by atoms with Crippen molar-refractivity contribution in [3.05, 3.63) is 65.8 Å². The highest BCUT2D eigenvalue weighted by atomic mass is 32.1. The minimum Gasteiger partial charge on any atom is -0.497 e. The predicted octanol–water partition coefficient (Wildman–Crippen LogP) is 4.69. The molecule has 1 N–H and O–H groups in total. The van der Waals surface area contributed by atoms with Crippen LogP contribution in [0.1, 0.15) is 5.56 Å². The lowest BCUT2D eigenvalue weighted by Gasteiger charge is -2.09. The first kappa shape index (κ1) is 18.9. The molecular weight excluding hydrogens is 386 g/mol. The SMILES string of the molecule is COc1ccc(NC(=O)COc2ncnc3scc(-c4ccc(C)cc4)c23)cc1. The first-order valence-corrected chi connectivity index (χ1v) is 9.88. The van der Waals surface area contributed by atoms with Crippen molar-refractivity contribution in [3.63, 3.8) is 0 Å². The number of hydrogen-bond acceptors (Lipinski definition) is 6. The molecule has 0 saturated carbocycles. The van der Waals surface area contributed by atoms with Crippen LogP contribution in [0, 0.1) is 6.92 Å². The zero-order valence-electron chi connectivity index (χ0n) is 16.0. The van der Waals surface area contributed by atoms with Crippen LogP contribution in [0.3, 0.4) is 0 Å². The van der Waals surface area contributed by atoms with Gasteiger partial charge in [0.15, 0.2) is 6.61 Å². The number of benzene rings is 2. The number of carbonyl (C=O) groups excluding carboxylic acids is 1. The van der Waals surface area contributed by atoms with E-state index in [4.69, 9.17) is 9.47 Å². The number of nitrogens with zero attached hydrogens (tertiary/aromatic N) is 2. The Labute approximate surface area is 172 Å². The van der Waals surface area contributed by atoms with Gasteiger partial charge in [-0.3, -0.25) is 4.79 Å². The van der Waals surface area contributed by atoms with Gasteiger partial charge in [0, 0.05) is 16.6 Å². The highest BCUT2D eigenvalue weighted by molar-refractivity contribution is 7.17. The van der Waals surface area contributed by atoms with Crippen molar-refractivity contribution < 1.29 is 14.3 Å². The van der Waals surface area contributed by atoms with Gasteiger partial charge in [0.1, 0.15) is 16.9 Å². The molecule has 2 heterocycles. The van der Waals surface area contributed by atoms with E-state index in [1.165, 1.54) is 23.2 Å². The highest BCUT2D eigenvalue weighted by Crippen LogP contribution is 2.37. The number of methoxy groups -OCH3 is 1. The number of nitrogens with one attached hydrogen (secondary N) is 1. The van der Waals surface area contributed by atoms with Crippen LogP contribution < -0.4 is 14.8 Å². The number of carbonyl (C=O) groups is 1. The molecule has 0 spiro atoms. The fourth-order valence-corrected chi connectivity index (χ4v) is 3.81. The topological polar surface area (TPSA) is 73.3 Å². The Hall–Kier alpha value is -3.45. The molecular formula is C22H19N3O3S. The molecule has 146 valence electrons. The number of rotatable bonds is 6. The molecule has 7 heteroatoms. The van der Waals surface area contributed by atoms with Gasteiger partial charge in [-0.25, -0.2) is 9.97 Å². The fourth-order valence-electron chi connectivity index (χ4n) is 2.91. The van der Waals surface area contributed by atoms with Crippen molar-refractivity contribution >= 4 is 33.1 Å². The Kier molecular flexibility index (Phi) is 5.39. The number of hydrogen-bond donors (Lipinski definition) is 1. The van der Waals surface area contributed by atoms with E-state index in [-0.39, 0.29) is 12.5 Å². The smallest absolute Gasteiger partial charge is 0.262 e. The van der Waals surface area contributed by atoms with E-state index in [0.717, 1.165) is 27.1 Å². The zero-order chi connectivity index (χ0) is 20.2. The fraction of sp³-hybridized carbons (Fsp3) is 0.136. The average molecular weight is 405 g/mol. The Morgan fingerprint density at radius 1 is 1.07 bits per heavy atom. The Balaban J connectivity index is 1.52. The molecule has 0 unspecified atom stereocenters. The summed E-state index contributed by atoms with van der Waals surface area (Å²) in [5.41, 5.74) is 3.92. The molecule has 0 aliphatic rings. The summed E-state index contributed by atoms with van der Waals surface area (Å²) in [6, 6.07) is 15.3. The summed E-state index contributed by atoms with van der Waals surface area (Å²) >= 11 is 1.52. The minimum atomic E-state index is -0.269. The van der Waals surface area contributed by atoms with E-state index in [1.807, 2.05) is 5.38 Å². The summed E-state index contributed by atoms with van der Waals surface area (Å²) in [6.45, 7) is 1.90. The first-order valence-electron chi connectivity index (χ1n) is 9.00. The lowest BCUT2D eigenvalue weighted by Crippen LogP contribution is -2.20. The van der Waals surface area contributed by atoms with E-state index < -0.39 is 0 Å². The summed E-state index contributed by atoms with van der Waals surface area (Å²) < 4.78 is 10.9. The van der Waals surface area contributed by atoms with Crippen molar-refractivity contribution in [3.8, 4) is 22.8 Å². The number of ether oxygens (including phenoxy) is 2. The van der Waals surface area contributed by atoms with E-state index in [2.05, 4.69) is 46.5 Å². The van der Waals surface area contributed by atoms with Crippen molar-refractivity contribution in [2.45, 2.75) is 6.92 Å². The molecule has 6 nitrogen and oxygen atoms in total. The third-order valence-electron chi connectivity index (χ3n) is 4.41. The monoisotopic (exact) mass is 405 g/mol. The summed E-state index contributed by atoms with van der Waals surface area (Å²) in [5, 5.41) is 5.65. The minimum absolute atomic E-state index is 0.151. The van der Waals surface area contributed by atoms with Gasteiger partial charge in [0.25, 0.3) is 5.91 Å². The van der Waals surface area contributed by atoms with Crippen LogP contribution >= 0.6 is 11.3 Å². The van der Waals surface area contributed by atoms with Crippen LogP contribution in [0.5, 0.6) is 11.6 Å². The molecule has 0 saturated heterocycles. The van der Waals surface area contributed by atoms with Crippen LogP contribution in [-0.4, -0.2) is 29.6 Å². The highest BCUT2D eigenvalue weighted by Gasteiger charge is 2.15. The van der Waals surface area contributed by atoms with Crippen molar-refractivity contribution in [1.82, 2.24) is 9.97 Å². The maximum atomic E-state index is 12.3. The third kappa shape index (κ3) is 4.20. The third-order valence-corrected chi connectivity index (χ3v) is 5.30. The van der Waals surface area contributed by atoms with Gasteiger partial charge in [-0.2, -0.15) is 0 Å². The van der Waals surface area contributed by atoms with E-state index in [0.29, 0.717) is 11.6 Å². The van der Waals surface area contributed by atoms with Crippen molar-refractivity contribution in [2.24, 2.45) is 0 Å². The van der Waals surface area contributed by atoms with Gasteiger partial charge in [-0.15, -0.1) is 11.3 Å². The normalized spacial score (nSPS) is 10.7. The molecule has 2 aromatic carbocycles. The Morgan fingerprint density at radius 3 is 2.55 bits per heavy atom. The number of aromatic nitrogens is 2. The van der Waals surface area contributed by atoms with Crippen LogP contribution in [0.15, 0.2) is 60.2 Å². The van der Waals surface area contributed by atoms with Crippen molar-refractivity contribution in [2.75, 3.05) is 19.0 Å². The largest absolute Gasteiger partial charge is 0.497 e. The summed E-state index contributed by atoms with van der Waals surface area (Å²) in [6.07, 6.45) is 1.45. The molecule has 0 fully saturated rings. The van der Waals surface area contributed by atoms with E-state index in [9.17, 15) is 4.79 Å². The lowest BCUT2D eigenvalue weighted by molar-refractivity contribution is -0.118. The first-order chi connectivity index (χ1) is 14.1. The molecule has 0 aliphatic carbocycles. The van der Waals surface area contributed by atoms with Crippen LogP contribution in [0.25, 0.3) is 21.3 Å². The quantitative estimate of drug-likeness (QED) is 0.504. The lowest BCUT2D eigenvalue weighted by atomic mass is 10.0. The second-order valence-electron chi connectivity index (χ2n) is 6.44. The average Bonchev–Trinajstić information content (AvgIpc) is 3.18. The van der Waals surface area contributed by atoms with Gasteiger partial charge in [0.05, 0.1) is 12.5 Å². The second-order valence-corrected chi connectivity index (χ2v) is 7.30. The molecule has 4 aromatic rings. The Bertz CT molecular complexity index is 1140. The molecule has 0 radical (unpaired) electrons. The number of aryl methyl sites for hydroxylation is 1. The van der Waals surface area contributed by atoms with E-state index in [1.54, 1.807) is 31.4 Å². The Morgan fingerprint density at radius 2 is 1.83 bits per heavy atom. The number of amides is 1. The van der Waals surface area contributed by atoms with Gasteiger partial charge in [-0.05, 0) is 36.8 Å². The van der Waals surface area contributed by atoms with E-state index >= 15 is 0 Å². The van der Waals surface area contributed by atoms with Crippen molar-refractivity contribution in [1.29, 1.82) is 0 Å². The molecule has 1 amide bonds. The maximum Gasteiger partial charge on any atom is 0.262 e. The molecule has 4 rings (SSSR count). The second kappa shape index (κ2) is 8.28. The molecule has 29 heavy (non-hydrogen) atoms. The van der Waals surface area contributed by atoms with Crippen LogP contribution in [-0.2, 0) is 4.79 Å². The number of thiophene rings is 1. The molecule has 0 bridgehead atoms. The standard InChI is InChI=1S/C22H19N3O3S/c1-14-3-5-15(6-4-14)18-12-29-22-20(18)21(23-13-24-22)28-11-19(26)25-16-7-9-17(27-2)10-8-16/h3-10,12-13H,11H2,1-2H3,(H,25,26). The van der Waals surface area contributed by atoms with Gasteiger partial charge < -0.3 is 14.8 Å². The summed E-state index contributed by atoms with van der Waals surface area (Å²) in [7, 11) is 1.60. The zero-order valence-corrected chi connectivity index (χ0v) is 16.8. The summed E-state index contributed by atoms with van der Waals surface area (Å²) in [5.74, 6) is 0.856. The van der Waals surface area contributed by atoms with Gasteiger partial charge in [-0.1, -0.05) is 29.8 Å².